The van der Waals surface area contributed by atoms with Crippen molar-refractivity contribution in [1.82, 2.24) is 0 Å². The van der Waals surface area contributed by atoms with Crippen LogP contribution in [-0.4, -0.2) is 0 Å². The summed E-state index contributed by atoms with van der Waals surface area (Å²) in [5.74, 6) is -0.478. The van der Waals surface area contributed by atoms with Crippen LogP contribution in [0.3, 0.4) is 0 Å². The summed E-state index contributed by atoms with van der Waals surface area (Å²) in [6, 6.07) is 12.9. The Kier molecular flexibility index (Phi) is 3.45. The van der Waals surface area contributed by atoms with Gasteiger partial charge in [-0.25, -0.2) is 4.39 Å². The minimum Gasteiger partial charge on any atom is -0.378 e. The summed E-state index contributed by atoms with van der Waals surface area (Å²) in [6.07, 6.45) is 2.03. The van der Waals surface area contributed by atoms with Crippen LogP contribution in [0.4, 0.5) is 10.1 Å². The number of nitriles is 1. The summed E-state index contributed by atoms with van der Waals surface area (Å²) in [5, 5.41) is 12.3. The first kappa shape index (κ1) is 13.1. The molecule has 1 unspecified atom stereocenters. The quantitative estimate of drug-likeness (QED) is 0.876. The SMILES string of the molecule is N#Cc1cc(NC2CCc3cc(Br)ccc32)ccc1F. The molecule has 0 radical (unpaired) electrons. The van der Waals surface area contributed by atoms with Gasteiger partial charge in [0.15, 0.2) is 0 Å². The molecule has 2 nitrogen and oxygen atoms in total. The average molecular weight is 331 g/mol. The molecule has 1 atom stereocenters. The van der Waals surface area contributed by atoms with Crippen molar-refractivity contribution in [2.75, 3.05) is 5.32 Å². The summed E-state index contributed by atoms with van der Waals surface area (Å²) < 4.78 is 14.4. The van der Waals surface area contributed by atoms with Gasteiger partial charge in [-0.05, 0) is 54.3 Å². The molecule has 0 amide bonds. The Bertz CT molecular complexity index is 706. The molecule has 0 saturated carbocycles. The highest BCUT2D eigenvalue weighted by atomic mass is 79.9. The first-order chi connectivity index (χ1) is 9.67. The molecule has 0 aliphatic heterocycles. The third-order valence-corrected chi connectivity index (χ3v) is 4.10. The summed E-state index contributed by atoms with van der Waals surface area (Å²) in [6.45, 7) is 0. The van der Waals surface area contributed by atoms with Gasteiger partial charge < -0.3 is 5.32 Å². The molecule has 0 aromatic heterocycles. The molecule has 3 rings (SSSR count). The van der Waals surface area contributed by atoms with Crippen molar-refractivity contribution >= 4 is 21.6 Å². The van der Waals surface area contributed by atoms with Crippen LogP contribution >= 0.6 is 15.9 Å². The second-order valence-corrected chi connectivity index (χ2v) is 5.80. The Morgan fingerprint density at radius 1 is 1.25 bits per heavy atom. The lowest BCUT2D eigenvalue weighted by Gasteiger charge is -2.16. The van der Waals surface area contributed by atoms with Gasteiger partial charge in [-0.15, -0.1) is 0 Å². The first-order valence-corrected chi connectivity index (χ1v) is 7.21. The van der Waals surface area contributed by atoms with Gasteiger partial charge in [0, 0.05) is 10.2 Å². The number of aryl methyl sites for hydroxylation is 1. The Morgan fingerprint density at radius 3 is 2.90 bits per heavy atom. The van der Waals surface area contributed by atoms with Gasteiger partial charge in [-0.3, -0.25) is 0 Å². The van der Waals surface area contributed by atoms with Gasteiger partial charge in [-0.2, -0.15) is 5.26 Å². The molecule has 4 heteroatoms. The highest BCUT2D eigenvalue weighted by Crippen LogP contribution is 2.35. The van der Waals surface area contributed by atoms with Crippen molar-refractivity contribution in [2.45, 2.75) is 18.9 Å². The zero-order valence-corrected chi connectivity index (χ0v) is 12.2. The molecule has 1 aliphatic carbocycles. The number of nitrogens with zero attached hydrogens (tertiary/aromatic N) is 1. The fourth-order valence-corrected chi connectivity index (χ4v) is 3.05. The Balaban J connectivity index is 1.86. The average Bonchev–Trinajstić information content (AvgIpc) is 2.83. The van der Waals surface area contributed by atoms with Crippen molar-refractivity contribution in [1.29, 1.82) is 5.26 Å². The molecule has 0 saturated heterocycles. The monoisotopic (exact) mass is 330 g/mol. The maximum Gasteiger partial charge on any atom is 0.141 e. The minimum absolute atomic E-state index is 0.0732. The van der Waals surface area contributed by atoms with Crippen molar-refractivity contribution in [2.24, 2.45) is 0 Å². The summed E-state index contributed by atoms with van der Waals surface area (Å²) in [7, 11) is 0. The van der Waals surface area contributed by atoms with E-state index in [0.29, 0.717) is 0 Å². The Hall–Kier alpha value is -1.86. The number of fused-ring (bicyclic) bond motifs is 1. The lowest BCUT2D eigenvalue weighted by Crippen LogP contribution is -2.07. The lowest BCUT2D eigenvalue weighted by molar-refractivity contribution is 0.624. The van der Waals surface area contributed by atoms with E-state index < -0.39 is 5.82 Å². The lowest BCUT2D eigenvalue weighted by atomic mass is 10.1. The smallest absolute Gasteiger partial charge is 0.141 e. The number of halogens is 2. The normalized spacial score (nSPS) is 16.6. The molecule has 0 bridgehead atoms. The van der Waals surface area contributed by atoms with Crippen molar-refractivity contribution < 1.29 is 4.39 Å². The second kappa shape index (κ2) is 5.26. The van der Waals surface area contributed by atoms with E-state index in [4.69, 9.17) is 5.26 Å². The van der Waals surface area contributed by atoms with E-state index in [1.807, 2.05) is 12.1 Å². The molecule has 1 N–H and O–H groups in total. The topological polar surface area (TPSA) is 35.8 Å². The van der Waals surface area contributed by atoms with E-state index in [9.17, 15) is 4.39 Å². The molecule has 2 aromatic carbocycles. The Labute approximate surface area is 125 Å². The fourth-order valence-electron chi connectivity index (χ4n) is 2.64. The molecular weight excluding hydrogens is 319 g/mol. The summed E-state index contributed by atoms with van der Waals surface area (Å²) in [5.41, 5.74) is 3.46. The number of hydrogen-bond donors (Lipinski definition) is 1. The van der Waals surface area contributed by atoms with Gasteiger partial charge in [0.1, 0.15) is 11.9 Å². The van der Waals surface area contributed by atoms with E-state index in [1.54, 1.807) is 12.1 Å². The largest absolute Gasteiger partial charge is 0.378 e. The van der Waals surface area contributed by atoms with Crippen LogP contribution in [-0.2, 0) is 6.42 Å². The molecule has 1 aliphatic rings. The van der Waals surface area contributed by atoms with Crippen LogP contribution < -0.4 is 5.32 Å². The highest BCUT2D eigenvalue weighted by Gasteiger charge is 2.22. The molecule has 0 spiro atoms. The van der Waals surface area contributed by atoms with E-state index >= 15 is 0 Å². The van der Waals surface area contributed by atoms with Gasteiger partial charge in [-0.1, -0.05) is 22.0 Å². The van der Waals surface area contributed by atoms with E-state index in [-0.39, 0.29) is 11.6 Å². The van der Waals surface area contributed by atoms with Crippen LogP contribution in [0.2, 0.25) is 0 Å². The zero-order chi connectivity index (χ0) is 14.1. The molecule has 20 heavy (non-hydrogen) atoms. The molecule has 0 fully saturated rings. The number of hydrogen-bond acceptors (Lipinski definition) is 2. The number of rotatable bonds is 2. The fraction of sp³-hybridized carbons (Fsp3) is 0.188. The highest BCUT2D eigenvalue weighted by molar-refractivity contribution is 9.10. The maximum absolute atomic E-state index is 13.3. The molecule has 100 valence electrons. The van der Waals surface area contributed by atoms with Crippen molar-refractivity contribution in [3.63, 3.8) is 0 Å². The predicted octanol–water partition coefficient (Wildman–Crippen LogP) is 4.56. The van der Waals surface area contributed by atoms with Crippen LogP contribution in [0.5, 0.6) is 0 Å². The number of benzene rings is 2. The Morgan fingerprint density at radius 2 is 2.10 bits per heavy atom. The van der Waals surface area contributed by atoms with Gasteiger partial charge >= 0.3 is 0 Å². The van der Waals surface area contributed by atoms with E-state index in [2.05, 4.69) is 33.4 Å². The maximum atomic E-state index is 13.3. The third kappa shape index (κ3) is 2.41. The van der Waals surface area contributed by atoms with Crippen molar-refractivity contribution in [3.05, 3.63) is 63.4 Å². The van der Waals surface area contributed by atoms with Gasteiger partial charge in [0.2, 0.25) is 0 Å². The van der Waals surface area contributed by atoms with Crippen LogP contribution in [0.15, 0.2) is 40.9 Å². The molecule has 0 heterocycles. The molecule has 2 aromatic rings. The third-order valence-electron chi connectivity index (χ3n) is 3.61. The predicted molar refractivity (Wildman–Crippen MR) is 79.9 cm³/mol. The van der Waals surface area contributed by atoms with Crippen LogP contribution in [0.25, 0.3) is 0 Å². The standard InChI is InChI=1S/C16H12BrFN2/c17-12-2-4-14-10(7-12)1-6-16(14)20-13-3-5-15(18)11(8-13)9-19/h2-5,7-8,16,20H,1,6H2. The zero-order valence-electron chi connectivity index (χ0n) is 10.7. The van der Waals surface area contributed by atoms with Crippen LogP contribution in [0, 0.1) is 17.1 Å². The first-order valence-electron chi connectivity index (χ1n) is 6.42. The van der Waals surface area contributed by atoms with Crippen molar-refractivity contribution in [3.8, 4) is 6.07 Å². The number of anilines is 1. The van der Waals surface area contributed by atoms with Gasteiger partial charge in [0.25, 0.3) is 0 Å². The van der Waals surface area contributed by atoms with Gasteiger partial charge in [0.05, 0.1) is 11.6 Å². The summed E-state index contributed by atoms with van der Waals surface area (Å²) >= 11 is 3.48. The van der Waals surface area contributed by atoms with Crippen LogP contribution in [0.1, 0.15) is 29.2 Å². The minimum atomic E-state index is -0.478. The summed E-state index contributed by atoms with van der Waals surface area (Å²) in [4.78, 5) is 0. The number of nitrogens with one attached hydrogen (secondary N) is 1. The second-order valence-electron chi connectivity index (χ2n) is 4.89. The van der Waals surface area contributed by atoms with E-state index in [0.717, 1.165) is 23.0 Å². The molecular formula is C16H12BrFN2. The van der Waals surface area contributed by atoms with E-state index in [1.165, 1.54) is 17.2 Å².